The van der Waals surface area contributed by atoms with Crippen LogP contribution in [-0.2, 0) is 25.8 Å². The van der Waals surface area contributed by atoms with E-state index in [9.17, 15) is 18.0 Å². The van der Waals surface area contributed by atoms with Gasteiger partial charge in [-0.25, -0.2) is 8.42 Å². The maximum Gasteiger partial charge on any atom is 0.237 e. The summed E-state index contributed by atoms with van der Waals surface area (Å²) in [6.07, 6.45) is 0.687. The van der Waals surface area contributed by atoms with E-state index in [0.717, 1.165) is 10.5 Å². The molecule has 2 amide bonds. The number of aryl methyl sites for hydroxylation is 1. The SMILES string of the molecule is Cc1ccc(CCNC(=O)[C@H](C)CS(=O)(=O)c2ccc3c(c2)NC(=O)[C@@H](C)S3)cc1. The molecule has 3 rings (SSSR count). The van der Waals surface area contributed by atoms with E-state index in [0.29, 0.717) is 18.7 Å². The lowest BCUT2D eigenvalue weighted by atomic mass is 10.1. The normalized spacial score (nSPS) is 17.0. The van der Waals surface area contributed by atoms with Gasteiger partial charge in [0.15, 0.2) is 9.84 Å². The number of fused-ring (bicyclic) bond motifs is 1. The third-order valence-electron chi connectivity index (χ3n) is 4.99. The Bertz CT molecular complexity index is 1050. The standard InChI is InChI=1S/C22H26N2O4S2/c1-14-4-6-17(7-5-14)10-11-23-21(25)15(2)13-30(27,28)18-8-9-20-19(12-18)24-22(26)16(3)29-20/h4-9,12,15-16H,10-11,13H2,1-3H3,(H,23,25)(H,24,26)/t15-,16-/m1/s1. The average Bonchev–Trinajstić information content (AvgIpc) is 2.69. The van der Waals surface area contributed by atoms with E-state index >= 15 is 0 Å². The summed E-state index contributed by atoms with van der Waals surface area (Å²) in [4.78, 5) is 25.2. The van der Waals surface area contributed by atoms with Gasteiger partial charge in [-0.15, -0.1) is 11.8 Å². The fourth-order valence-electron chi connectivity index (χ4n) is 3.14. The van der Waals surface area contributed by atoms with Crippen LogP contribution in [0.2, 0.25) is 0 Å². The number of hydrogen-bond acceptors (Lipinski definition) is 5. The van der Waals surface area contributed by atoms with Gasteiger partial charge >= 0.3 is 0 Å². The number of rotatable bonds is 7. The molecule has 0 spiro atoms. The van der Waals surface area contributed by atoms with Crippen molar-refractivity contribution < 1.29 is 18.0 Å². The minimum atomic E-state index is -3.67. The number of carbonyl (C=O) groups is 2. The molecule has 0 bridgehead atoms. The molecule has 2 atom stereocenters. The van der Waals surface area contributed by atoms with Crippen LogP contribution < -0.4 is 10.6 Å². The average molecular weight is 447 g/mol. The van der Waals surface area contributed by atoms with E-state index in [1.54, 1.807) is 19.9 Å². The zero-order valence-electron chi connectivity index (χ0n) is 17.3. The van der Waals surface area contributed by atoms with Crippen molar-refractivity contribution in [3.63, 3.8) is 0 Å². The summed E-state index contributed by atoms with van der Waals surface area (Å²) in [7, 11) is -3.67. The number of amides is 2. The summed E-state index contributed by atoms with van der Waals surface area (Å²) >= 11 is 1.40. The number of benzene rings is 2. The summed E-state index contributed by atoms with van der Waals surface area (Å²) in [6.45, 7) is 5.87. The molecule has 160 valence electrons. The fourth-order valence-corrected chi connectivity index (χ4v) is 5.65. The second kappa shape index (κ2) is 9.22. The number of hydrogen-bond donors (Lipinski definition) is 2. The molecular formula is C22H26N2O4S2. The highest BCUT2D eigenvalue weighted by Crippen LogP contribution is 2.37. The van der Waals surface area contributed by atoms with E-state index in [-0.39, 0.29) is 27.7 Å². The second-order valence-corrected chi connectivity index (χ2v) is 11.0. The van der Waals surface area contributed by atoms with Crippen LogP contribution in [0.1, 0.15) is 25.0 Å². The lowest BCUT2D eigenvalue weighted by molar-refractivity contribution is -0.123. The number of sulfone groups is 1. The van der Waals surface area contributed by atoms with Crippen LogP contribution in [-0.4, -0.2) is 37.8 Å². The number of nitrogens with one attached hydrogen (secondary N) is 2. The van der Waals surface area contributed by atoms with Gasteiger partial charge in [0.1, 0.15) is 0 Å². The first kappa shape index (κ1) is 22.4. The van der Waals surface area contributed by atoms with Gasteiger partial charge < -0.3 is 10.6 Å². The van der Waals surface area contributed by atoms with Crippen LogP contribution in [0.15, 0.2) is 52.3 Å². The molecule has 2 aromatic rings. The van der Waals surface area contributed by atoms with Crippen molar-refractivity contribution in [3.05, 3.63) is 53.6 Å². The molecule has 0 fully saturated rings. The fraction of sp³-hybridized carbons (Fsp3) is 0.364. The van der Waals surface area contributed by atoms with Crippen molar-refractivity contribution in [2.45, 2.75) is 42.2 Å². The van der Waals surface area contributed by atoms with Crippen molar-refractivity contribution >= 4 is 39.1 Å². The van der Waals surface area contributed by atoms with Crippen LogP contribution >= 0.6 is 11.8 Å². The Morgan fingerprint density at radius 2 is 1.90 bits per heavy atom. The van der Waals surface area contributed by atoms with E-state index in [4.69, 9.17) is 0 Å². The zero-order valence-corrected chi connectivity index (χ0v) is 18.9. The molecule has 0 unspecified atom stereocenters. The largest absolute Gasteiger partial charge is 0.356 e. The molecule has 8 heteroatoms. The van der Waals surface area contributed by atoms with Crippen LogP contribution in [0.25, 0.3) is 0 Å². The third kappa shape index (κ3) is 5.43. The van der Waals surface area contributed by atoms with Gasteiger partial charge in [0, 0.05) is 17.4 Å². The molecule has 6 nitrogen and oxygen atoms in total. The Morgan fingerprint density at radius 3 is 2.60 bits per heavy atom. The Hall–Kier alpha value is -2.32. The van der Waals surface area contributed by atoms with Crippen LogP contribution in [0.3, 0.4) is 0 Å². The highest BCUT2D eigenvalue weighted by atomic mass is 32.2. The van der Waals surface area contributed by atoms with Gasteiger partial charge in [0.25, 0.3) is 0 Å². The molecule has 0 aliphatic carbocycles. The number of thioether (sulfide) groups is 1. The van der Waals surface area contributed by atoms with Gasteiger partial charge in [-0.1, -0.05) is 36.8 Å². The Labute approximate surface area is 181 Å². The van der Waals surface area contributed by atoms with Gasteiger partial charge in [0.05, 0.1) is 21.6 Å². The molecule has 0 saturated heterocycles. The molecule has 1 heterocycles. The lowest BCUT2D eigenvalue weighted by Gasteiger charge is -2.22. The molecule has 0 radical (unpaired) electrons. The van der Waals surface area contributed by atoms with Gasteiger partial charge in [-0.2, -0.15) is 0 Å². The first-order chi connectivity index (χ1) is 14.2. The van der Waals surface area contributed by atoms with Crippen molar-refractivity contribution in [1.82, 2.24) is 5.32 Å². The Balaban J connectivity index is 1.59. The predicted molar refractivity (Wildman–Crippen MR) is 120 cm³/mol. The second-order valence-electron chi connectivity index (χ2n) is 7.62. The van der Waals surface area contributed by atoms with Crippen molar-refractivity contribution in [2.24, 2.45) is 5.92 Å². The molecule has 2 aromatic carbocycles. The van der Waals surface area contributed by atoms with Crippen LogP contribution in [0, 0.1) is 12.8 Å². The van der Waals surface area contributed by atoms with Crippen molar-refractivity contribution in [3.8, 4) is 0 Å². The summed E-state index contributed by atoms with van der Waals surface area (Å²) in [6, 6.07) is 12.8. The minimum Gasteiger partial charge on any atom is -0.356 e. The van der Waals surface area contributed by atoms with Crippen molar-refractivity contribution in [1.29, 1.82) is 0 Å². The Kier molecular flexibility index (Phi) is 6.88. The maximum absolute atomic E-state index is 12.8. The number of carbonyl (C=O) groups excluding carboxylic acids is 2. The maximum atomic E-state index is 12.8. The Morgan fingerprint density at radius 1 is 1.20 bits per heavy atom. The molecule has 0 aromatic heterocycles. The summed E-state index contributed by atoms with van der Waals surface area (Å²) in [5.74, 6) is -1.42. The summed E-state index contributed by atoms with van der Waals surface area (Å²) in [5.41, 5.74) is 2.79. The van der Waals surface area contributed by atoms with E-state index in [1.165, 1.54) is 29.5 Å². The first-order valence-electron chi connectivity index (χ1n) is 9.83. The molecular weight excluding hydrogens is 420 g/mol. The monoisotopic (exact) mass is 446 g/mol. The van der Waals surface area contributed by atoms with Gasteiger partial charge in [0.2, 0.25) is 11.8 Å². The molecule has 2 N–H and O–H groups in total. The predicted octanol–water partition coefficient (Wildman–Crippen LogP) is 3.20. The molecule has 0 saturated carbocycles. The first-order valence-corrected chi connectivity index (χ1v) is 12.4. The number of anilines is 1. The van der Waals surface area contributed by atoms with Crippen LogP contribution in [0.5, 0.6) is 0 Å². The van der Waals surface area contributed by atoms with Gasteiger partial charge in [-0.05, 0) is 44.0 Å². The summed E-state index contributed by atoms with van der Waals surface area (Å²) < 4.78 is 25.6. The van der Waals surface area contributed by atoms with E-state index in [1.807, 2.05) is 31.2 Å². The highest BCUT2D eigenvalue weighted by molar-refractivity contribution is 8.01. The van der Waals surface area contributed by atoms with E-state index in [2.05, 4.69) is 10.6 Å². The quantitative estimate of drug-likeness (QED) is 0.681. The van der Waals surface area contributed by atoms with E-state index < -0.39 is 15.8 Å². The minimum absolute atomic E-state index is 0.107. The van der Waals surface area contributed by atoms with Crippen LogP contribution in [0.4, 0.5) is 5.69 Å². The molecule has 1 aliphatic heterocycles. The van der Waals surface area contributed by atoms with Gasteiger partial charge in [-0.3, -0.25) is 9.59 Å². The molecule has 1 aliphatic rings. The third-order valence-corrected chi connectivity index (χ3v) is 8.08. The highest BCUT2D eigenvalue weighted by Gasteiger charge is 2.27. The smallest absolute Gasteiger partial charge is 0.237 e. The molecule has 30 heavy (non-hydrogen) atoms. The topological polar surface area (TPSA) is 92.3 Å². The summed E-state index contributed by atoms with van der Waals surface area (Å²) in [5, 5.41) is 5.34. The zero-order chi connectivity index (χ0) is 21.9. The van der Waals surface area contributed by atoms with Crippen molar-refractivity contribution in [2.75, 3.05) is 17.6 Å². The lowest BCUT2D eigenvalue weighted by Crippen LogP contribution is -2.34.